The molecule has 0 fully saturated rings. The predicted octanol–water partition coefficient (Wildman–Crippen LogP) is 1.58. The van der Waals surface area contributed by atoms with Crippen LogP contribution in [-0.4, -0.2) is 28.5 Å². The molecular formula is C14H13N3O3. The van der Waals surface area contributed by atoms with Gasteiger partial charge in [0.25, 0.3) is 5.91 Å². The molecule has 6 nitrogen and oxygen atoms in total. The summed E-state index contributed by atoms with van der Waals surface area (Å²) in [6.07, 6.45) is 2.93. The van der Waals surface area contributed by atoms with Crippen LogP contribution in [0.2, 0.25) is 0 Å². The number of pyridine rings is 2. The van der Waals surface area contributed by atoms with Crippen molar-refractivity contribution >= 4 is 17.7 Å². The van der Waals surface area contributed by atoms with Gasteiger partial charge in [-0.05, 0) is 31.2 Å². The SMILES string of the molecule is Cc1cccc(NC(=O)COC(=O)c2cccnc2)n1. The van der Waals surface area contributed by atoms with E-state index in [1.165, 1.54) is 6.20 Å². The maximum Gasteiger partial charge on any atom is 0.340 e. The Labute approximate surface area is 115 Å². The highest BCUT2D eigenvalue weighted by Crippen LogP contribution is 2.04. The number of aryl methyl sites for hydroxylation is 1. The summed E-state index contributed by atoms with van der Waals surface area (Å²) in [6.45, 7) is 1.45. The van der Waals surface area contributed by atoms with E-state index in [2.05, 4.69) is 15.3 Å². The maximum absolute atomic E-state index is 11.6. The molecule has 102 valence electrons. The molecule has 1 amide bonds. The van der Waals surface area contributed by atoms with Crippen molar-refractivity contribution < 1.29 is 14.3 Å². The second kappa shape index (κ2) is 6.42. The molecule has 6 heteroatoms. The predicted molar refractivity (Wildman–Crippen MR) is 72.1 cm³/mol. The Kier molecular flexibility index (Phi) is 4.39. The molecule has 2 aromatic heterocycles. The number of nitrogens with zero attached hydrogens (tertiary/aromatic N) is 2. The van der Waals surface area contributed by atoms with Crippen LogP contribution in [0.5, 0.6) is 0 Å². The molecule has 2 aromatic rings. The largest absolute Gasteiger partial charge is 0.452 e. The monoisotopic (exact) mass is 271 g/mol. The molecule has 0 aliphatic rings. The van der Waals surface area contributed by atoms with E-state index in [9.17, 15) is 9.59 Å². The molecule has 0 aliphatic carbocycles. The van der Waals surface area contributed by atoms with Crippen molar-refractivity contribution in [1.29, 1.82) is 0 Å². The van der Waals surface area contributed by atoms with Crippen LogP contribution in [0.3, 0.4) is 0 Å². The smallest absolute Gasteiger partial charge is 0.340 e. The Bertz CT molecular complexity index is 614. The molecule has 1 N–H and O–H groups in total. The van der Waals surface area contributed by atoms with Crippen molar-refractivity contribution in [3.63, 3.8) is 0 Å². The fraction of sp³-hybridized carbons (Fsp3) is 0.143. The first-order valence-electron chi connectivity index (χ1n) is 5.96. The van der Waals surface area contributed by atoms with Gasteiger partial charge in [-0.15, -0.1) is 0 Å². The first kappa shape index (κ1) is 13.7. The Morgan fingerprint density at radius 3 is 2.80 bits per heavy atom. The van der Waals surface area contributed by atoms with Crippen molar-refractivity contribution in [2.45, 2.75) is 6.92 Å². The van der Waals surface area contributed by atoms with E-state index >= 15 is 0 Å². The molecule has 0 saturated carbocycles. The summed E-state index contributed by atoms with van der Waals surface area (Å²) in [5.41, 5.74) is 1.09. The lowest BCUT2D eigenvalue weighted by Crippen LogP contribution is -2.21. The molecule has 0 bridgehead atoms. The van der Waals surface area contributed by atoms with Gasteiger partial charge in [0, 0.05) is 18.1 Å². The lowest BCUT2D eigenvalue weighted by atomic mass is 10.3. The highest BCUT2D eigenvalue weighted by molar-refractivity contribution is 5.94. The van der Waals surface area contributed by atoms with Crippen LogP contribution in [0, 0.1) is 6.92 Å². The molecule has 0 radical (unpaired) electrons. The van der Waals surface area contributed by atoms with Gasteiger partial charge in [-0.25, -0.2) is 9.78 Å². The minimum Gasteiger partial charge on any atom is -0.452 e. The van der Waals surface area contributed by atoms with Crippen LogP contribution in [-0.2, 0) is 9.53 Å². The van der Waals surface area contributed by atoms with Gasteiger partial charge in [0.2, 0.25) is 0 Å². The van der Waals surface area contributed by atoms with Crippen LogP contribution in [0.15, 0.2) is 42.7 Å². The van der Waals surface area contributed by atoms with Crippen LogP contribution >= 0.6 is 0 Å². The van der Waals surface area contributed by atoms with Gasteiger partial charge < -0.3 is 10.1 Å². The van der Waals surface area contributed by atoms with E-state index < -0.39 is 11.9 Å². The minimum atomic E-state index is -0.592. The van der Waals surface area contributed by atoms with Gasteiger partial charge >= 0.3 is 5.97 Å². The molecule has 0 aliphatic heterocycles. The van der Waals surface area contributed by atoms with Crippen LogP contribution in [0.1, 0.15) is 16.1 Å². The zero-order valence-electron chi connectivity index (χ0n) is 10.9. The Hall–Kier alpha value is -2.76. The number of carbonyl (C=O) groups excluding carboxylic acids is 2. The number of anilines is 1. The third-order valence-corrected chi connectivity index (χ3v) is 2.39. The molecule has 0 unspecified atom stereocenters. The number of nitrogens with one attached hydrogen (secondary N) is 1. The minimum absolute atomic E-state index is 0.300. The van der Waals surface area contributed by atoms with E-state index in [-0.39, 0.29) is 6.61 Å². The zero-order chi connectivity index (χ0) is 14.4. The molecule has 0 atom stereocenters. The number of hydrogen-bond acceptors (Lipinski definition) is 5. The van der Waals surface area contributed by atoms with E-state index in [1.54, 1.807) is 30.5 Å². The third kappa shape index (κ3) is 3.88. The molecular weight excluding hydrogens is 258 g/mol. The fourth-order valence-corrected chi connectivity index (χ4v) is 1.49. The van der Waals surface area contributed by atoms with E-state index in [0.717, 1.165) is 5.69 Å². The summed E-state index contributed by atoms with van der Waals surface area (Å²) in [6, 6.07) is 8.44. The van der Waals surface area contributed by atoms with Crippen molar-refractivity contribution in [2.24, 2.45) is 0 Å². The quantitative estimate of drug-likeness (QED) is 0.854. The van der Waals surface area contributed by atoms with Crippen molar-refractivity contribution in [3.05, 3.63) is 54.0 Å². The van der Waals surface area contributed by atoms with Crippen molar-refractivity contribution in [2.75, 3.05) is 11.9 Å². The van der Waals surface area contributed by atoms with Crippen molar-refractivity contribution in [3.8, 4) is 0 Å². The Morgan fingerprint density at radius 1 is 1.25 bits per heavy atom. The summed E-state index contributed by atoms with van der Waals surface area (Å²) in [4.78, 5) is 31.1. The van der Waals surface area contributed by atoms with Crippen LogP contribution < -0.4 is 5.32 Å². The summed E-state index contributed by atoms with van der Waals surface area (Å²) in [7, 11) is 0. The van der Waals surface area contributed by atoms with Crippen molar-refractivity contribution in [1.82, 2.24) is 9.97 Å². The van der Waals surface area contributed by atoms with Gasteiger partial charge in [0.05, 0.1) is 5.56 Å². The second-order valence-electron chi connectivity index (χ2n) is 4.03. The number of ether oxygens (including phenoxy) is 1. The number of carbonyl (C=O) groups is 2. The highest BCUT2D eigenvalue weighted by Gasteiger charge is 2.10. The molecule has 0 spiro atoms. The number of rotatable bonds is 4. The van der Waals surface area contributed by atoms with Crippen LogP contribution in [0.4, 0.5) is 5.82 Å². The molecule has 20 heavy (non-hydrogen) atoms. The number of aromatic nitrogens is 2. The fourth-order valence-electron chi connectivity index (χ4n) is 1.49. The molecule has 2 heterocycles. The van der Waals surface area contributed by atoms with Gasteiger partial charge in [0.1, 0.15) is 5.82 Å². The van der Waals surface area contributed by atoms with E-state index in [0.29, 0.717) is 11.4 Å². The van der Waals surface area contributed by atoms with E-state index in [1.807, 2.05) is 13.0 Å². The lowest BCUT2D eigenvalue weighted by molar-refractivity contribution is -0.119. The number of hydrogen-bond donors (Lipinski definition) is 1. The molecule has 0 aromatic carbocycles. The first-order valence-corrected chi connectivity index (χ1v) is 5.96. The second-order valence-corrected chi connectivity index (χ2v) is 4.03. The van der Waals surface area contributed by atoms with Gasteiger partial charge in [-0.2, -0.15) is 0 Å². The summed E-state index contributed by atoms with van der Waals surface area (Å²) in [5.74, 6) is -0.613. The van der Waals surface area contributed by atoms with Gasteiger partial charge in [-0.3, -0.25) is 9.78 Å². The third-order valence-electron chi connectivity index (χ3n) is 2.39. The average molecular weight is 271 g/mol. The summed E-state index contributed by atoms with van der Waals surface area (Å²) >= 11 is 0. The topological polar surface area (TPSA) is 81.2 Å². The molecule has 2 rings (SSSR count). The Morgan fingerprint density at radius 2 is 2.10 bits per heavy atom. The zero-order valence-corrected chi connectivity index (χ0v) is 10.9. The highest BCUT2D eigenvalue weighted by atomic mass is 16.5. The van der Waals surface area contributed by atoms with Gasteiger partial charge in [0.15, 0.2) is 6.61 Å². The average Bonchev–Trinajstić information content (AvgIpc) is 2.46. The Balaban J connectivity index is 1.85. The molecule has 0 saturated heterocycles. The van der Waals surface area contributed by atoms with Gasteiger partial charge in [-0.1, -0.05) is 6.07 Å². The maximum atomic E-state index is 11.6. The lowest BCUT2D eigenvalue weighted by Gasteiger charge is -2.06. The van der Waals surface area contributed by atoms with Crippen LogP contribution in [0.25, 0.3) is 0 Å². The number of amides is 1. The number of esters is 1. The first-order chi connectivity index (χ1) is 9.65. The normalized spacial score (nSPS) is 9.85. The summed E-state index contributed by atoms with van der Waals surface area (Å²) < 4.78 is 4.87. The van der Waals surface area contributed by atoms with E-state index in [4.69, 9.17) is 4.74 Å². The standard InChI is InChI=1S/C14H13N3O3/c1-10-4-2-6-12(16-10)17-13(18)9-20-14(19)11-5-3-7-15-8-11/h2-8H,9H2,1H3,(H,16,17,18). The summed E-state index contributed by atoms with van der Waals surface area (Å²) in [5, 5.41) is 2.55.